The first kappa shape index (κ1) is 20.2. The van der Waals surface area contributed by atoms with Crippen LogP contribution in [0.15, 0.2) is 24.3 Å². The lowest BCUT2D eigenvalue weighted by Gasteiger charge is -2.22. The fourth-order valence-corrected chi connectivity index (χ4v) is 2.72. The lowest BCUT2D eigenvalue weighted by molar-refractivity contribution is -0.122. The molecule has 1 N–H and O–H groups in total. The van der Waals surface area contributed by atoms with E-state index in [2.05, 4.69) is 49.5 Å². The summed E-state index contributed by atoms with van der Waals surface area (Å²) in [5.74, 6) is 0.577. The zero-order valence-corrected chi connectivity index (χ0v) is 15.7. The number of hydrogen-bond donors (Lipinski definition) is 1. The minimum Gasteiger partial charge on any atom is -0.348 e. The maximum atomic E-state index is 12.2. The van der Waals surface area contributed by atoms with Gasteiger partial charge in [0.15, 0.2) is 0 Å². The Balaban J connectivity index is 2.55. The van der Waals surface area contributed by atoms with E-state index in [-0.39, 0.29) is 17.9 Å². The van der Waals surface area contributed by atoms with Crippen LogP contribution in [0.25, 0.3) is 0 Å². The molecule has 0 spiro atoms. The van der Waals surface area contributed by atoms with Gasteiger partial charge in [-0.05, 0) is 43.9 Å². The summed E-state index contributed by atoms with van der Waals surface area (Å²) in [6.45, 7) is 12.0. The highest BCUT2D eigenvalue weighted by Crippen LogP contribution is 2.15. The van der Waals surface area contributed by atoms with Gasteiger partial charge < -0.3 is 5.32 Å². The molecule has 0 saturated heterocycles. The number of likely N-dealkylation sites (N-methyl/N-ethyl adjacent to an activating group) is 1. The van der Waals surface area contributed by atoms with Gasteiger partial charge in [0, 0.05) is 6.54 Å². The topological polar surface area (TPSA) is 56.1 Å². The van der Waals surface area contributed by atoms with Crippen molar-refractivity contribution in [2.24, 2.45) is 11.8 Å². The fraction of sp³-hybridized carbons (Fsp3) is 0.600. The van der Waals surface area contributed by atoms with Crippen LogP contribution in [0.1, 0.15) is 51.8 Å². The van der Waals surface area contributed by atoms with Gasteiger partial charge >= 0.3 is 0 Å². The average molecular weight is 329 g/mol. The molecular weight excluding hydrogens is 298 g/mol. The molecule has 2 atom stereocenters. The molecule has 0 bridgehead atoms. The molecule has 4 nitrogen and oxygen atoms in total. The predicted molar refractivity (Wildman–Crippen MR) is 98.4 cm³/mol. The number of carbonyl (C=O) groups is 1. The molecule has 1 aromatic carbocycles. The van der Waals surface area contributed by atoms with Crippen LogP contribution < -0.4 is 5.32 Å². The number of amides is 1. The molecule has 1 aromatic rings. The summed E-state index contributed by atoms with van der Waals surface area (Å²) in [7, 11) is 0. The predicted octanol–water partition coefficient (Wildman–Crippen LogP) is 3.54. The molecule has 0 heterocycles. The van der Waals surface area contributed by atoms with Crippen LogP contribution in [0.5, 0.6) is 0 Å². The molecule has 0 aliphatic heterocycles. The van der Waals surface area contributed by atoms with Gasteiger partial charge in [0.1, 0.15) is 0 Å². The standard InChI is InChI=1S/C20H31N3O/c1-6-23(13-16(4)12-21)14-20(24)22-17(5)19-9-7-18(8-10-19)11-15(2)3/h7-10,15-17H,6,11,13-14H2,1-5H3,(H,22,24). The van der Waals surface area contributed by atoms with Crippen LogP contribution in [0.3, 0.4) is 0 Å². The van der Waals surface area contributed by atoms with Crippen molar-refractivity contribution in [3.63, 3.8) is 0 Å². The largest absolute Gasteiger partial charge is 0.348 e. The molecule has 132 valence electrons. The number of carbonyl (C=O) groups excluding carboxylic acids is 1. The van der Waals surface area contributed by atoms with Crippen molar-refractivity contribution in [3.05, 3.63) is 35.4 Å². The third-order valence-corrected chi connectivity index (χ3v) is 4.07. The van der Waals surface area contributed by atoms with Gasteiger partial charge in [0.2, 0.25) is 5.91 Å². The Morgan fingerprint density at radius 2 is 1.83 bits per heavy atom. The summed E-state index contributed by atoms with van der Waals surface area (Å²) in [6.07, 6.45) is 1.07. The summed E-state index contributed by atoms with van der Waals surface area (Å²) in [5, 5.41) is 12.0. The molecule has 4 heteroatoms. The maximum Gasteiger partial charge on any atom is 0.234 e. The van der Waals surface area contributed by atoms with Gasteiger partial charge in [-0.3, -0.25) is 9.69 Å². The maximum absolute atomic E-state index is 12.2. The highest BCUT2D eigenvalue weighted by Gasteiger charge is 2.15. The fourth-order valence-electron chi connectivity index (χ4n) is 2.72. The monoisotopic (exact) mass is 329 g/mol. The lowest BCUT2D eigenvalue weighted by atomic mass is 10.00. The molecule has 0 aromatic heterocycles. The van der Waals surface area contributed by atoms with Gasteiger partial charge in [-0.2, -0.15) is 5.26 Å². The number of hydrogen-bond acceptors (Lipinski definition) is 3. The molecule has 0 aliphatic rings. The van der Waals surface area contributed by atoms with Crippen molar-refractivity contribution in [2.75, 3.05) is 19.6 Å². The summed E-state index contributed by atoms with van der Waals surface area (Å²) in [6, 6.07) is 10.7. The van der Waals surface area contributed by atoms with Gasteiger partial charge in [0.25, 0.3) is 0 Å². The summed E-state index contributed by atoms with van der Waals surface area (Å²) in [4.78, 5) is 14.2. The Labute approximate surface area is 146 Å². The van der Waals surface area contributed by atoms with E-state index in [1.807, 2.05) is 25.7 Å². The second kappa shape index (κ2) is 10.1. The second-order valence-electron chi connectivity index (χ2n) is 6.99. The summed E-state index contributed by atoms with van der Waals surface area (Å²) >= 11 is 0. The minimum absolute atomic E-state index is 0.000691. The smallest absolute Gasteiger partial charge is 0.234 e. The first-order valence-corrected chi connectivity index (χ1v) is 8.85. The Bertz CT molecular complexity index is 545. The van der Waals surface area contributed by atoms with Crippen molar-refractivity contribution >= 4 is 5.91 Å². The second-order valence-corrected chi connectivity index (χ2v) is 6.99. The number of nitrogens with zero attached hydrogens (tertiary/aromatic N) is 2. The number of rotatable bonds is 9. The van der Waals surface area contributed by atoms with Gasteiger partial charge in [0.05, 0.1) is 24.6 Å². The van der Waals surface area contributed by atoms with E-state index in [0.717, 1.165) is 18.5 Å². The van der Waals surface area contributed by atoms with E-state index in [0.29, 0.717) is 19.0 Å². The Morgan fingerprint density at radius 3 is 2.33 bits per heavy atom. The van der Waals surface area contributed by atoms with E-state index in [1.165, 1.54) is 5.56 Å². The molecule has 0 fully saturated rings. The zero-order valence-electron chi connectivity index (χ0n) is 15.7. The SMILES string of the molecule is CCN(CC(=O)NC(C)c1ccc(CC(C)C)cc1)CC(C)C#N. The first-order valence-electron chi connectivity index (χ1n) is 8.85. The van der Waals surface area contributed by atoms with Gasteiger partial charge in [-0.15, -0.1) is 0 Å². The summed E-state index contributed by atoms with van der Waals surface area (Å²) < 4.78 is 0. The third-order valence-electron chi connectivity index (χ3n) is 4.07. The quantitative estimate of drug-likeness (QED) is 0.754. The molecule has 2 unspecified atom stereocenters. The van der Waals surface area contributed by atoms with Crippen molar-refractivity contribution < 1.29 is 4.79 Å². The number of benzene rings is 1. The molecule has 24 heavy (non-hydrogen) atoms. The normalized spacial score (nSPS) is 13.6. The van der Waals surface area contributed by atoms with E-state index >= 15 is 0 Å². The highest BCUT2D eigenvalue weighted by atomic mass is 16.2. The zero-order chi connectivity index (χ0) is 18.1. The van der Waals surface area contributed by atoms with Crippen LogP contribution in [-0.2, 0) is 11.2 Å². The molecule has 1 rings (SSSR count). The van der Waals surface area contributed by atoms with E-state index in [4.69, 9.17) is 5.26 Å². The molecule has 0 radical (unpaired) electrons. The molecular formula is C20H31N3O. The Morgan fingerprint density at radius 1 is 1.21 bits per heavy atom. The van der Waals surface area contributed by atoms with Crippen LogP contribution in [0, 0.1) is 23.2 Å². The van der Waals surface area contributed by atoms with E-state index < -0.39 is 0 Å². The molecule has 1 amide bonds. The minimum atomic E-state index is -0.0660. The van der Waals surface area contributed by atoms with Gasteiger partial charge in [-0.25, -0.2) is 0 Å². The number of nitrogens with one attached hydrogen (secondary N) is 1. The molecule has 0 aliphatic carbocycles. The van der Waals surface area contributed by atoms with E-state index in [9.17, 15) is 4.79 Å². The molecule has 0 saturated carbocycles. The van der Waals surface area contributed by atoms with Gasteiger partial charge in [-0.1, -0.05) is 45.0 Å². The third kappa shape index (κ3) is 7.14. The summed E-state index contributed by atoms with van der Waals surface area (Å²) in [5.41, 5.74) is 2.44. The van der Waals surface area contributed by atoms with Crippen LogP contribution in [0.2, 0.25) is 0 Å². The van der Waals surface area contributed by atoms with Crippen molar-refractivity contribution in [1.82, 2.24) is 10.2 Å². The Kier molecular flexibility index (Phi) is 8.49. The van der Waals surface area contributed by atoms with Crippen molar-refractivity contribution in [1.29, 1.82) is 5.26 Å². The average Bonchev–Trinajstić information content (AvgIpc) is 2.53. The van der Waals surface area contributed by atoms with Crippen molar-refractivity contribution in [3.8, 4) is 6.07 Å². The van der Waals surface area contributed by atoms with Crippen molar-refractivity contribution in [2.45, 2.75) is 47.1 Å². The van der Waals surface area contributed by atoms with Crippen LogP contribution >= 0.6 is 0 Å². The Hall–Kier alpha value is -1.86. The van der Waals surface area contributed by atoms with Crippen LogP contribution in [-0.4, -0.2) is 30.4 Å². The van der Waals surface area contributed by atoms with Crippen LogP contribution in [0.4, 0.5) is 0 Å². The first-order chi connectivity index (χ1) is 11.3. The number of nitriles is 1. The highest BCUT2D eigenvalue weighted by molar-refractivity contribution is 5.78. The van der Waals surface area contributed by atoms with E-state index in [1.54, 1.807) is 0 Å². The lowest BCUT2D eigenvalue weighted by Crippen LogP contribution is -2.39.